The quantitative estimate of drug-likeness (QED) is 0.281. The normalized spacial score (nSPS) is 10.9. The van der Waals surface area contributed by atoms with Crippen molar-refractivity contribution in [2.24, 2.45) is 0 Å². The Morgan fingerprint density at radius 1 is 0.875 bits per heavy atom. The predicted molar refractivity (Wildman–Crippen MR) is 124 cm³/mol. The second-order valence-corrected chi connectivity index (χ2v) is 7.94. The molecule has 2 aromatic heterocycles. The summed E-state index contributed by atoms with van der Waals surface area (Å²) in [6, 6.07) is 26.4. The Labute approximate surface area is 192 Å². The van der Waals surface area contributed by atoms with Gasteiger partial charge in [0.25, 0.3) is 5.89 Å². The molecule has 0 bridgehead atoms. The maximum absolute atomic E-state index is 13.0. The van der Waals surface area contributed by atoms with Crippen LogP contribution in [-0.2, 0) is 11.3 Å². The molecule has 0 radical (unpaired) electrons. The molecule has 0 amide bonds. The van der Waals surface area contributed by atoms with E-state index in [1.165, 1.54) is 0 Å². The number of hydrogen-bond donors (Lipinski definition) is 0. The Morgan fingerprint density at radius 2 is 1.62 bits per heavy atom. The average molecular weight is 486 g/mol. The first-order valence-electron chi connectivity index (χ1n) is 9.88. The summed E-state index contributed by atoms with van der Waals surface area (Å²) in [7, 11) is 0. The van der Waals surface area contributed by atoms with Crippen LogP contribution in [0.15, 0.2) is 93.8 Å². The molecule has 0 N–H and O–H groups in total. The fourth-order valence-electron chi connectivity index (χ4n) is 3.33. The van der Waals surface area contributed by atoms with Crippen LogP contribution in [-0.4, -0.2) is 21.2 Å². The van der Waals surface area contributed by atoms with Crippen molar-refractivity contribution in [1.82, 2.24) is 15.2 Å². The van der Waals surface area contributed by atoms with Crippen LogP contribution in [0, 0.1) is 0 Å². The molecule has 0 aliphatic rings. The molecule has 0 spiro atoms. The van der Waals surface area contributed by atoms with Crippen LogP contribution in [0.4, 0.5) is 0 Å². The molecular formula is C25H16BrN3O3. The molecule has 0 atom stereocenters. The SMILES string of the molecule is O=C(OCc1nnc(-c2ccccc2)o1)c1cc(-c2ccc(Br)cc2)nc2ccccc12. The highest BCUT2D eigenvalue weighted by Gasteiger charge is 2.17. The van der Waals surface area contributed by atoms with Crippen molar-refractivity contribution in [2.45, 2.75) is 6.61 Å². The number of para-hydroxylation sites is 1. The van der Waals surface area contributed by atoms with E-state index in [-0.39, 0.29) is 12.5 Å². The standard InChI is InChI=1S/C25H16BrN3O3/c26-18-12-10-16(11-13-18)22-14-20(19-8-4-5-9-21(19)27-22)25(30)31-15-23-28-29-24(32-23)17-6-2-1-3-7-17/h1-14H,15H2. The van der Waals surface area contributed by atoms with Gasteiger partial charge in [-0.3, -0.25) is 0 Å². The highest BCUT2D eigenvalue weighted by Crippen LogP contribution is 2.27. The fraction of sp³-hybridized carbons (Fsp3) is 0.0400. The van der Waals surface area contributed by atoms with Crippen LogP contribution in [0.1, 0.15) is 16.2 Å². The third-order valence-corrected chi connectivity index (χ3v) is 5.42. The van der Waals surface area contributed by atoms with Crippen LogP contribution in [0.25, 0.3) is 33.6 Å². The zero-order valence-electron chi connectivity index (χ0n) is 16.7. The smallest absolute Gasteiger partial charge is 0.339 e. The Kier molecular flexibility index (Phi) is 5.47. The lowest BCUT2D eigenvalue weighted by atomic mass is 10.0. The van der Waals surface area contributed by atoms with Gasteiger partial charge >= 0.3 is 5.97 Å². The minimum absolute atomic E-state index is 0.122. The molecule has 32 heavy (non-hydrogen) atoms. The minimum Gasteiger partial charge on any atom is -0.452 e. The highest BCUT2D eigenvalue weighted by molar-refractivity contribution is 9.10. The van der Waals surface area contributed by atoms with Gasteiger partial charge in [0.2, 0.25) is 5.89 Å². The van der Waals surface area contributed by atoms with Crippen molar-refractivity contribution < 1.29 is 13.9 Å². The van der Waals surface area contributed by atoms with E-state index in [0.29, 0.717) is 28.1 Å². The molecule has 7 heteroatoms. The molecule has 3 aromatic carbocycles. The molecule has 0 fully saturated rings. The maximum Gasteiger partial charge on any atom is 0.339 e. The molecular weight excluding hydrogens is 470 g/mol. The van der Waals surface area contributed by atoms with Crippen LogP contribution in [0.3, 0.4) is 0 Å². The molecule has 0 aliphatic carbocycles. The summed E-state index contributed by atoms with van der Waals surface area (Å²) >= 11 is 3.44. The molecule has 156 valence electrons. The number of fused-ring (bicyclic) bond motifs is 1. The summed E-state index contributed by atoms with van der Waals surface area (Å²) in [6.07, 6.45) is 0. The second-order valence-electron chi connectivity index (χ2n) is 7.02. The Hall–Kier alpha value is -3.84. The predicted octanol–water partition coefficient (Wildman–Crippen LogP) is 6.07. The van der Waals surface area contributed by atoms with E-state index in [0.717, 1.165) is 15.6 Å². The number of carbonyl (C=O) groups is 1. The van der Waals surface area contributed by atoms with Crippen LogP contribution in [0.5, 0.6) is 0 Å². The first-order chi connectivity index (χ1) is 15.7. The third-order valence-electron chi connectivity index (χ3n) is 4.89. The van der Waals surface area contributed by atoms with Crippen molar-refractivity contribution in [1.29, 1.82) is 0 Å². The number of rotatable bonds is 5. The van der Waals surface area contributed by atoms with Crippen molar-refractivity contribution >= 4 is 32.8 Å². The lowest BCUT2D eigenvalue weighted by molar-refractivity contribution is 0.0441. The number of carbonyl (C=O) groups excluding carboxylic acids is 1. The van der Waals surface area contributed by atoms with Gasteiger partial charge in [-0.15, -0.1) is 10.2 Å². The number of halogens is 1. The Balaban J connectivity index is 1.42. The number of ether oxygens (including phenoxy) is 1. The van der Waals surface area contributed by atoms with Gasteiger partial charge < -0.3 is 9.15 Å². The molecule has 5 rings (SSSR count). The van der Waals surface area contributed by atoms with Crippen molar-refractivity contribution in [3.8, 4) is 22.7 Å². The maximum atomic E-state index is 13.0. The van der Waals surface area contributed by atoms with Crippen LogP contribution < -0.4 is 0 Å². The van der Waals surface area contributed by atoms with E-state index >= 15 is 0 Å². The molecule has 5 aromatic rings. The first kappa shape index (κ1) is 20.1. The lowest BCUT2D eigenvalue weighted by Gasteiger charge is -2.09. The zero-order valence-corrected chi connectivity index (χ0v) is 18.3. The second kappa shape index (κ2) is 8.72. The van der Waals surface area contributed by atoms with Crippen molar-refractivity contribution in [2.75, 3.05) is 0 Å². The number of pyridine rings is 1. The van der Waals surface area contributed by atoms with Gasteiger partial charge in [-0.1, -0.05) is 64.5 Å². The van der Waals surface area contributed by atoms with E-state index in [9.17, 15) is 4.79 Å². The van der Waals surface area contributed by atoms with Crippen molar-refractivity contribution in [3.63, 3.8) is 0 Å². The van der Waals surface area contributed by atoms with Crippen LogP contribution in [0.2, 0.25) is 0 Å². The summed E-state index contributed by atoms with van der Waals surface area (Å²) in [5, 5.41) is 8.73. The molecule has 0 unspecified atom stereocenters. The zero-order chi connectivity index (χ0) is 21.9. The van der Waals surface area contributed by atoms with E-state index in [1.807, 2.05) is 78.9 Å². The Morgan fingerprint density at radius 3 is 2.44 bits per heavy atom. The number of esters is 1. The van der Waals surface area contributed by atoms with Gasteiger partial charge in [-0.05, 0) is 36.4 Å². The largest absolute Gasteiger partial charge is 0.452 e. The summed E-state index contributed by atoms with van der Waals surface area (Å²) in [6.45, 7) is -0.122. The monoisotopic (exact) mass is 485 g/mol. The van der Waals surface area contributed by atoms with E-state index in [2.05, 4.69) is 26.1 Å². The lowest BCUT2D eigenvalue weighted by Crippen LogP contribution is -2.07. The average Bonchev–Trinajstić information content (AvgIpc) is 3.32. The summed E-state index contributed by atoms with van der Waals surface area (Å²) in [5.41, 5.74) is 3.53. The van der Waals surface area contributed by atoms with Gasteiger partial charge in [0.1, 0.15) is 0 Å². The molecule has 6 nitrogen and oxygen atoms in total. The highest BCUT2D eigenvalue weighted by atomic mass is 79.9. The summed E-state index contributed by atoms with van der Waals surface area (Å²) < 4.78 is 12.1. The first-order valence-corrected chi connectivity index (χ1v) is 10.7. The molecule has 0 saturated carbocycles. The molecule has 0 aliphatic heterocycles. The van der Waals surface area contributed by atoms with E-state index < -0.39 is 5.97 Å². The topological polar surface area (TPSA) is 78.1 Å². The van der Waals surface area contributed by atoms with Crippen LogP contribution >= 0.6 is 15.9 Å². The number of nitrogens with zero attached hydrogens (tertiary/aromatic N) is 3. The van der Waals surface area contributed by atoms with E-state index in [1.54, 1.807) is 6.07 Å². The number of aromatic nitrogens is 3. The molecule has 2 heterocycles. The van der Waals surface area contributed by atoms with Gasteiger partial charge in [-0.25, -0.2) is 9.78 Å². The van der Waals surface area contributed by atoms with Crippen molar-refractivity contribution in [3.05, 3.63) is 101 Å². The third kappa shape index (κ3) is 4.15. The summed E-state index contributed by atoms with van der Waals surface area (Å²) in [5.74, 6) is 0.119. The van der Waals surface area contributed by atoms with Gasteiger partial charge in [-0.2, -0.15) is 0 Å². The molecule has 0 saturated heterocycles. The summed E-state index contributed by atoms with van der Waals surface area (Å²) in [4.78, 5) is 17.7. The Bertz CT molecular complexity index is 1400. The number of benzene rings is 3. The van der Waals surface area contributed by atoms with Gasteiger partial charge in [0.05, 0.1) is 16.8 Å². The van der Waals surface area contributed by atoms with Gasteiger partial charge in [0.15, 0.2) is 6.61 Å². The van der Waals surface area contributed by atoms with E-state index in [4.69, 9.17) is 14.1 Å². The minimum atomic E-state index is -0.485. The van der Waals surface area contributed by atoms with Gasteiger partial charge in [0, 0.05) is 21.0 Å². The fourth-order valence-corrected chi connectivity index (χ4v) is 3.59. The number of hydrogen-bond acceptors (Lipinski definition) is 6.